The van der Waals surface area contributed by atoms with Gasteiger partial charge in [0.15, 0.2) is 0 Å². The Labute approximate surface area is 110 Å². The van der Waals surface area contributed by atoms with Gasteiger partial charge in [-0.2, -0.15) is 0 Å². The summed E-state index contributed by atoms with van der Waals surface area (Å²) in [6, 6.07) is 3.98. The van der Waals surface area contributed by atoms with Crippen molar-refractivity contribution >= 4 is 23.4 Å². The fourth-order valence-electron chi connectivity index (χ4n) is 2.02. The molecule has 0 radical (unpaired) electrons. The lowest BCUT2D eigenvalue weighted by atomic mass is 10.1. The van der Waals surface area contributed by atoms with Crippen LogP contribution in [0.15, 0.2) is 18.2 Å². The molecule has 1 aromatic rings. The van der Waals surface area contributed by atoms with Gasteiger partial charge in [0.1, 0.15) is 0 Å². The van der Waals surface area contributed by atoms with E-state index in [0.717, 1.165) is 43.4 Å². The van der Waals surface area contributed by atoms with Gasteiger partial charge in [0.05, 0.1) is 6.10 Å². The summed E-state index contributed by atoms with van der Waals surface area (Å²) in [5, 5.41) is 18.0. The van der Waals surface area contributed by atoms with Crippen molar-refractivity contribution in [2.45, 2.75) is 25.5 Å². The van der Waals surface area contributed by atoms with Gasteiger partial charge in [0.2, 0.25) is 0 Å². The largest absolute Gasteiger partial charge is 0.478 e. The molecule has 0 bridgehead atoms. The van der Waals surface area contributed by atoms with Crippen LogP contribution in [0.2, 0.25) is 0 Å². The second-order valence-corrected chi connectivity index (χ2v) is 5.68. The fourth-order valence-corrected chi connectivity index (χ4v) is 2.98. The molecule has 98 valence electrons. The van der Waals surface area contributed by atoms with Crippen LogP contribution in [0, 0.1) is 0 Å². The van der Waals surface area contributed by atoms with Crippen LogP contribution < -0.4 is 0 Å². The zero-order chi connectivity index (χ0) is 13.0. The first-order valence-electron chi connectivity index (χ1n) is 6.03. The van der Waals surface area contributed by atoms with Crippen molar-refractivity contribution in [3.05, 3.63) is 28.0 Å². The zero-order valence-electron chi connectivity index (χ0n) is 10.1. The average molecular weight is 267 g/mol. The molecule has 2 heterocycles. The number of thiophene rings is 1. The topological polar surface area (TPSA) is 60.8 Å². The number of carboxylic acid groups (broad SMARTS) is 1. The van der Waals surface area contributed by atoms with Crippen LogP contribution in [0.5, 0.6) is 0 Å². The molecule has 0 atom stereocenters. The number of hydrogen-bond acceptors (Lipinski definition) is 4. The van der Waals surface area contributed by atoms with Crippen LogP contribution in [-0.4, -0.2) is 40.3 Å². The summed E-state index contributed by atoms with van der Waals surface area (Å²) in [4.78, 5) is 14.9. The van der Waals surface area contributed by atoms with E-state index >= 15 is 0 Å². The van der Waals surface area contributed by atoms with Crippen molar-refractivity contribution in [3.8, 4) is 0 Å². The van der Waals surface area contributed by atoms with E-state index in [1.165, 1.54) is 4.88 Å². The summed E-state index contributed by atoms with van der Waals surface area (Å²) in [6.07, 6.45) is 4.33. The molecular formula is C13H17NO3S. The van der Waals surface area contributed by atoms with Gasteiger partial charge < -0.3 is 10.2 Å². The van der Waals surface area contributed by atoms with Crippen LogP contribution in [0.3, 0.4) is 0 Å². The lowest BCUT2D eigenvalue weighted by Gasteiger charge is -2.28. The Morgan fingerprint density at radius 1 is 1.44 bits per heavy atom. The molecule has 1 aliphatic rings. The van der Waals surface area contributed by atoms with Gasteiger partial charge in [0.25, 0.3) is 0 Å². The number of likely N-dealkylation sites (tertiary alicyclic amines) is 1. The third-order valence-corrected chi connectivity index (χ3v) is 4.04. The Morgan fingerprint density at radius 3 is 2.83 bits per heavy atom. The predicted octanol–water partition coefficient (Wildman–Crippen LogP) is 1.80. The van der Waals surface area contributed by atoms with E-state index in [4.69, 9.17) is 5.11 Å². The lowest BCUT2D eigenvalue weighted by Crippen LogP contribution is -2.35. The third kappa shape index (κ3) is 3.94. The summed E-state index contributed by atoms with van der Waals surface area (Å²) < 4.78 is 0. The Hall–Kier alpha value is -1.17. The van der Waals surface area contributed by atoms with Crippen LogP contribution in [-0.2, 0) is 11.3 Å². The molecule has 2 rings (SSSR count). The number of aliphatic hydroxyl groups is 1. The van der Waals surface area contributed by atoms with Crippen molar-refractivity contribution < 1.29 is 15.0 Å². The number of hydrogen-bond donors (Lipinski definition) is 2. The molecule has 0 aromatic carbocycles. The summed E-state index contributed by atoms with van der Waals surface area (Å²) in [5.74, 6) is -0.921. The van der Waals surface area contributed by atoms with Gasteiger partial charge in [0, 0.05) is 35.5 Å². The monoisotopic (exact) mass is 267 g/mol. The van der Waals surface area contributed by atoms with Gasteiger partial charge in [-0.05, 0) is 31.1 Å². The first-order valence-corrected chi connectivity index (χ1v) is 6.85. The minimum Gasteiger partial charge on any atom is -0.478 e. The summed E-state index contributed by atoms with van der Waals surface area (Å²) in [6.45, 7) is 2.75. The highest BCUT2D eigenvalue weighted by atomic mass is 32.1. The molecular weight excluding hydrogens is 250 g/mol. The molecule has 5 heteroatoms. The van der Waals surface area contributed by atoms with E-state index in [1.807, 2.05) is 12.1 Å². The molecule has 4 nitrogen and oxygen atoms in total. The van der Waals surface area contributed by atoms with Crippen LogP contribution >= 0.6 is 11.3 Å². The third-order valence-electron chi connectivity index (χ3n) is 3.01. The number of nitrogens with zero attached hydrogens (tertiary/aromatic N) is 1. The molecule has 0 amide bonds. The van der Waals surface area contributed by atoms with Gasteiger partial charge in [-0.25, -0.2) is 4.79 Å². The minimum absolute atomic E-state index is 0.140. The van der Waals surface area contributed by atoms with E-state index in [9.17, 15) is 9.90 Å². The van der Waals surface area contributed by atoms with Crippen LogP contribution in [0.25, 0.3) is 6.08 Å². The molecule has 1 aromatic heterocycles. The Kier molecular flexibility index (Phi) is 4.52. The molecule has 1 fully saturated rings. The number of carboxylic acids is 1. The number of aliphatic hydroxyl groups excluding tert-OH is 1. The molecule has 0 spiro atoms. The highest BCUT2D eigenvalue weighted by molar-refractivity contribution is 7.12. The highest BCUT2D eigenvalue weighted by Gasteiger charge is 2.17. The SMILES string of the molecule is O=C(O)C=Cc1ccc(CN2CCC(O)CC2)s1. The van der Waals surface area contributed by atoms with E-state index in [-0.39, 0.29) is 6.10 Å². The van der Waals surface area contributed by atoms with Crippen LogP contribution in [0.4, 0.5) is 0 Å². The first-order chi connectivity index (χ1) is 8.63. The summed E-state index contributed by atoms with van der Waals surface area (Å²) >= 11 is 1.62. The maximum atomic E-state index is 10.4. The molecule has 2 N–H and O–H groups in total. The Balaban J connectivity index is 1.88. The van der Waals surface area contributed by atoms with Crippen molar-refractivity contribution in [1.82, 2.24) is 4.90 Å². The number of rotatable bonds is 4. The van der Waals surface area contributed by atoms with E-state index in [1.54, 1.807) is 17.4 Å². The molecule has 0 saturated carbocycles. The van der Waals surface area contributed by atoms with E-state index < -0.39 is 5.97 Å². The van der Waals surface area contributed by atoms with Gasteiger partial charge in [-0.3, -0.25) is 4.90 Å². The number of piperidine rings is 1. The first kappa shape index (κ1) is 13.3. The van der Waals surface area contributed by atoms with Crippen molar-refractivity contribution in [2.24, 2.45) is 0 Å². The van der Waals surface area contributed by atoms with Crippen LogP contribution in [0.1, 0.15) is 22.6 Å². The Morgan fingerprint density at radius 2 is 2.17 bits per heavy atom. The molecule has 1 saturated heterocycles. The average Bonchev–Trinajstić information content (AvgIpc) is 2.77. The van der Waals surface area contributed by atoms with Crippen molar-refractivity contribution in [3.63, 3.8) is 0 Å². The number of aliphatic carboxylic acids is 1. The lowest BCUT2D eigenvalue weighted by molar-refractivity contribution is -0.131. The molecule has 0 aliphatic carbocycles. The van der Waals surface area contributed by atoms with E-state index in [0.29, 0.717) is 0 Å². The van der Waals surface area contributed by atoms with Crippen molar-refractivity contribution in [2.75, 3.05) is 13.1 Å². The van der Waals surface area contributed by atoms with Gasteiger partial charge >= 0.3 is 5.97 Å². The highest BCUT2D eigenvalue weighted by Crippen LogP contribution is 2.21. The smallest absolute Gasteiger partial charge is 0.328 e. The molecule has 0 unspecified atom stereocenters. The standard InChI is InChI=1S/C13H17NO3S/c15-10-5-7-14(8-6-10)9-12-2-1-11(18-12)3-4-13(16)17/h1-4,10,15H,5-9H2,(H,16,17). The zero-order valence-corrected chi connectivity index (χ0v) is 10.9. The summed E-state index contributed by atoms with van der Waals surface area (Å²) in [5.41, 5.74) is 0. The predicted molar refractivity (Wildman–Crippen MR) is 71.5 cm³/mol. The molecule has 1 aliphatic heterocycles. The Bertz CT molecular complexity index is 433. The van der Waals surface area contributed by atoms with E-state index in [2.05, 4.69) is 4.90 Å². The minimum atomic E-state index is -0.921. The fraction of sp³-hybridized carbons (Fsp3) is 0.462. The summed E-state index contributed by atoms with van der Waals surface area (Å²) in [7, 11) is 0. The van der Waals surface area contributed by atoms with Crippen molar-refractivity contribution in [1.29, 1.82) is 0 Å². The van der Waals surface area contributed by atoms with Gasteiger partial charge in [-0.15, -0.1) is 11.3 Å². The maximum Gasteiger partial charge on any atom is 0.328 e. The normalized spacial score (nSPS) is 18.5. The second kappa shape index (κ2) is 6.13. The quantitative estimate of drug-likeness (QED) is 0.817. The number of carbonyl (C=O) groups is 1. The van der Waals surface area contributed by atoms with Gasteiger partial charge in [-0.1, -0.05) is 0 Å². The molecule has 18 heavy (non-hydrogen) atoms. The maximum absolute atomic E-state index is 10.4. The second-order valence-electron chi connectivity index (χ2n) is 4.48.